The Balaban J connectivity index is 1.82. The fourth-order valence-corrected chi connectivity index (χ4v) is 3.27. The summed E-state index contributed by atoms with van der Waals surface area (Å²) in [6.45, 7) is 4.95. The van der Waals surface area contributed by atoms with Crippen LogP contribution in [0.15, 0.2) is 18.2 Å². The summed E-state index contributed by atoms with van der Waals surface area (Å²) in [6.07, 6.45) is 4.71. The van der Waals surface area contributed by atoms with Gasteiger partial charge in [-0.05, 0) is 45.7 Å². The number of hydrogen-bond donors (Lipinski definition) is 1. The van der Waals surface area contributed by atoms with Crippen LogP contribution < -0.4 is 15.2 Å². The highest BCUT2D eigenvalue weighted by molar-refractivity contribution is 5.50. The van der Waals surface area contributed by atoms with Crippen LogP contribution in [0, 0.1) is 5.92 Å². The maximum atomic E-state index is 6.21. The van der Waals surface area contributed by atoms with Crippen molar-refractivity contribution in [2.24, 2.45) is 11.7 Å². The molecule has 1 fully saturated rings. The Hall–Kier alpha value is -1.22. The highest BCUT2D eigenvalue weighted by atomic mass is 16.5. The van der Waals surface area contributed by atoms with Gasteiger partial charge < -0.3 is 15.2 Å². The third-order valence-electron chi connectivity index (χ3n) is 4.23. The highest BCUT2D eigenvalue weighted by Crippen LogP contribution is 2.43. The van der Waals surface area contributed by atoms with Crippen LogP contribution in [0.2, 0.25) is 0 Å². The van der Waals surface area contributed by atoms with E-state index in [-0.39, 0.29) is 11.7 Å². The number of fused-ring (bicyclic) bond motifs is 1. The molecular weight excluding hydrogens is 238 g/mol. The predicted molar refractivity (Wildman–Crippen MR) is 75.7 cm³/mol. The third kappa shape index (κ3) is 2.44. The molecule has 0 bridgehead atoms. The van der Waals surface area contributed by atoms with Gasteiger partial charge in [-0.15, -0.1) is 0 Å². The van der Waals surface area contributed by atoms with E-state index in [1.807, 2.05) is 6.07 Å². The second-order valence-electron chi connectivity index (χ2n) is 6.37. The number of rotatable bonds is 3. The van der Waals surface area contributed by atoms with Gasteiger partial charge in [-0.25, -0.2) is 0 Å². The van der Waals surface area contributed by atoms with Crippen LogP contribution in [0.25, 0.3) is 0 Å². The van der Waals surface area contributed by atoms with E-state index in [0.29, 0.717) is 12.5 Å². The SMILES string of the molecule is CC1(C)Cc2cccc(OC3CCCC3CN)c2O1. The van der Waals surface area contributed by atoms with E-state index < -0.39 is 0 Å². The number of hydrogen-bond acceptors (Lipinski definition) is 3. The minimum atomic E-state index is -0.120. The van der Waals surface area contributed by atoms with Crippen molar-refractivity contribution in [1.82, 2.24) is 0 Å². The molecule has 1 aliphatic heterocycles. The summed E-state index contributed by atoms with van der Waals surface area (Å²) < 4.78 is 12.3. The molecule has 104 valence electrons. The van der Waals surface area contributed by atoms with Crippen LogP contribution in [-0.4, -0.2) is 18.2 Å². The molecule has 2 N–H and O–H groups in total. The standard InChI is InChI=1S/C16H23NO2/c1-16(2)9-11-5-3-8-14(15(11)19-16)18-13-7-4-6-12(13)10-17/h3,5,8,12-13H,4,6-7,9-10,17H2,1-2H3. The van der Waals surface area contributed by atoms with Crippen molar-refractivity contribution in [2.45, 2.75) is 51.2 Å². The lowest BCUT2D eigenvalue weighted by atomic mass is 10.0. The molecule has 1 aromatic carbocycles. The van der Waals surface area contributed by atoms with Crippen LogP contribution in [0.4, 0.5) is 0 Å². The van der Waals surface area contributed by atoms with Gasteiger partial charge in [0.2, 0.25) is 0 Å². The Morgan fingerprint density at radius 1 is 1.37 bits per heavy atom. The summed E-state index contributed by atoms with van der Waals surface area (Å²) in [4.78, 5) is 0. The Morgan fingerprint density at radius 3 is 3.00 bits per heavy atom. The van der Waals surface area contributed by atoms with Gasteiger partial charge in [0.15, 0.2) is 11.5 Å². The molecule has 1 aliphatic carbocycles. The summed E-state index contributed by atoms with van der Waals surface area (Å²) in [7, 11) is 0. The molecule has 0 radical (unpaired) electrons. The molecule has 0 aromatic heterocycles. The van der Waals surface area contributed by atoms with Crippen LogP contribution in [0.3, 0.4) is 0 Å². The van der Waals surface area contributed by atoms with Gasteiger partial charge in [-0.1, -0.05) is 12.1 Å². The maximum Gasteiger partial charge on any atom is 0.165 e. The topological polar surface area (TPSA) is 44.5 Å². The lowest BCUT2D eigenvalue weighted by Crippen LogP contribution is -2.28. The zero-order valence-electron chi connectivity index (χ0n) is 11.8. The first-order valence-electron chi connectivity index (χ1n) is 7.27. The molecule has 1 heterocycles. The highest BCUT2D eigenvalue weighted by Gasteiger charge is 2.34. The van der Waals surface area contributed by atoms with Gasteiger partial charge in [0.05, 0.1) is 0 Å². The average Bonchev–Trinajstić information content (AvgIpc) is 2.92. The lowest BCUT2D eigenvalue weighted by Gasteiger charge is -2.22. The van der Waals surface area contributed by atoms with Crippen molar-refractivity contribution in [2.75, 3.05) is 6.54 Å². The van der Waals surface area contributed by atoms with E-state index in [4.69, 9.17) is 15.2 Å². The molecule has 3 rings (SSSR count). The minimum absolute atomic E-state index is 0.120. The van der Waals surface area contributed by atoms with Gasteiger partial charge >= 0.3 is 0 Å². The number of nitrogens with two attached hydrogens (primary N) is 1. The zero-order valence-corrected chi connectivity index (χ0v) is 11.8. The monoisotopic (exact) mass is 261 g/mol. The van der Waals surface area contributed by atoms with Crippen molar-refractivity contribution in [1.29, 1.82) is 0 Å². The Morgan fingerprint density at radius 2 is 2.21 bits per heavy atom. The molecule has 19 heavy (non-hydrogen) atoms. The van der Waals surface area contributed by atoms with Crippen molar-refractivity contribution in [3.05, 3.63) is 23.8 Å². The van der Waals surface area contributed by atoms with Gasteiger partial charge in [0.25, 0.3) is 0 Å². The van der Waals surface area contributed by atoms with Crippen LogP contribution in [0.5, 0.6) is 11.5 Å². The molecule has 3 heteroatoms. The number of ether oxygens (including phenoxy) is 2. The normalized spacial score (nSPS) is 27.9. The second kappa shape index (κ2) is 4.71. The van der Waals surface area contributed by atoms with Gasteiger partial charge in [0.1, 0.15) is 11.7 Å². The summed E-state index contributed by atoms with van der Waals surface area (Å²) in [5.41, 5.74) is 6.96. The average molecular weight is 261 g/mol. The molecule has 0 amide bonds. The van der Waals surface area contributed by atoms with Gasteiger partial charge in [-0.2, -0.15) is 0 Å². The van der Waals surface area contributed by atoms with Crippen molar-refractivity contribution >= 4 is 0 Å². The second-order valence-corrected chi connectivity index (χ2v) is 6.37. The van der Waals surface area contributed by atoms with Crippen molar-refractivity contribution < 1.29 is 9.47 Å². The molecule has 1 aromatic rings. The largest absolute Gasteiger partial charge is 0.486 e. The van der Waals surface area contributed by atoms with E-state index in [0.717, 1.165) is 24.3 Å². The van der Waals surface area contributed by atoms with E-state index in [9.17, 15) is 0 Å². The summed E-state index contributed by atoms with van der Waals surface area (Å²) >= 11 is 0. The fraction of sp³-hybridized carbons (Fsp3) is 0.625. The maximum absolute atomic E-state index is 6.21. The molecule has 3 nitrogen and oxygen atoms in total. The molecule has 0 saturated heterocycles. The van der Waals surface area contributed by atoms with Gasteiger partial charge in [-0.3, -0.25) is 0 Å². The first-order chi connectivity index (χ1) is 9.09. The molecular formula is C16H23NO2. The van der Waals surface area contributed by atoms with E-state index in [2.05, 4.69) is 26.0 Å². The first kappa shape index (κ1) is 12.8. The van der Waals surface area contributed by atoms with E-state index >= 15 is 0 Å². The van der Waals surface area contributed by atoms with Crippen LogP contribution >= 0.6 is 0 Å². The Bertz CT molecular complexity index is 470. The molecule has 2 aliphatic rings. The van der Waals surface area contributed by atoms with E-state index in [1.165, 1.54) is 18.4 Å². The fourth-order valence-electron chi connectivity index (χ4n) is 3.27. The quantitative estimate of drug-likeness (QED) is 0.910. The molecule has 2 atom stereocenters. The smallest absolute Gasteiger partial charge is 0.165 e. The van der Waals surface area contributed by atoms with Crippen LogP contribution in [-0.2, 0) is 6.42 Å². The lowest BCUT2D eigenvalue weighted by molar-refractivity contribution is 0.117. The molecule has 2 unspecified atom stereocenters. The van der Waals surface area contributed by atoms with E-state index in [1.54, 1.807) is 0 Å². The first-order valence-corrected chi connectivity index (χ1v) is 7.27. The van der Waals surface area contributed by atoms with Crippen molar-refractivity contribution in [3.8, 4) is 11.5 Å². The Kier molecular flexibility index (Phi) is 3.17. The Labute approximate surface area is 115 Å². The molecule has 1 saturated carbocycles. The summed E-state index contributed by atoms with van der Waals surface area (Å²) in [5, 5.41) is 0. The van der Waals surface area contributed by atoms with Crippen molar-refractivity contribution in [3.63, 3.8) is 0 Å². The summed E-state index contributed by atoms with van der Waals surface area (Å²) in [6, 6.07) is 6.21. The predicted octanol–water partition coefficient (Wildman–Crippen LogP) is 2.91. The molecule has 0 spiro atoms. The number of para-hydroxylation sites is 1. The third-order valence-corrected chi connectivity index (χ3v) is 4.23. The summed E-state index contributed by atoms with van der Waals surface area (Å²) in [5.74, 6) is 2.33. The zero-order chi connectivity index (χ0) is 13.5. The minimum Gasteiger partial charge on any atom is -0.486 e. The number of benzene rings is 1. The van der Waals surface area contributed by atoms with Crippen LogP contribution in [0.1, 0.15) is 38.7 Å². The van der Waals surface area contributed by atoms with Gasteiger partial charge in [0, 0.05) is 17.9 Å².